The molecule has 22 heavy (non-hydrogen) atoms. The van der Waals surface area contributed by atoms with E-state index in [4.69, 9.17) is 0 Å². The van der Waals surface area contributed by atoms with Gasteiger partial charge < -0.3 is 9.88 Å². The first-order valence-corrected chi connectivity index (χ1v) is 9.23. The quantitative estimate of drug-likeness (QED) is 0.793. The first kappa shape index (κ1) is 13.7. The van der Waals surface area contributed by atoms with Crippen LogP contribution in [0.4, 0.5) is 0 Å². The molecule has 8 heteroatoms. The number of rotatable bonds is 1. The van der Waals surface area contributed by atoms with Gasteiger partial charge in [-0.3, -0.25) is 4.79 Å². The van der Waals surface area contributed by atoms with Gasteiger partial charge in [0.1, 0.15) is 11.3 Å². The molecule has 1 N–H and O–H groups in total. The Labute approximate surface area is 127 Å². The maximum absolute atomic E-state index is 12.3. The summed E-state index contributed by atoms with van der Waals surface area (Å²) in [5, 5.41) is 3.56. The van der Waals surface area contributed by atoms with Gasteiger partial charge in [-0.25, -0.2) is 13.4 Å². The van der Waals surface area contributed by atoms with E-state index in [1.54, 1.807) is 6.07 Å². The van der Waals surface area contributed by atoms with E-state index < -0.39 is 9.84 Å². The molecule has 1 saturated carbocycles. The topological polar surface area (TPSA) is 93.9 Å². The molecule has 0 radical (unpaired) electrons. The summed E-state index contributed by atoms with van der Waals surface area (Å²) in [5.74, 6) is -0.123. The number of hydrogen-bond donors (Lipinski definition) is 1. The summed E-state index contributed by atoms with van der Waals surface area (Å²) in [6.45, 7) is 0. The summed E-state index contributed by atoms with van der Waals surface area (Å²) in [6, 6.07) is 1.98. The zero-order valence-corrected chi connectivity index (χ0v) is 12.9. The number of aromatic nitrogens is 3. The van der Waals surface area contributed by atoms with Crippen molar-refractivity contribution in [2.75, 3.05) is 6.26 Å². The number of fused-ring (bicyclic) bond motifs is 5. The minimum Gasteiger partial charge on any atom is -0.346 e. The molecule has 116 valence electrons. The van der Waals surface area contributed by atoms with Crippen molar-refractivity contribution in [3.8, 4) is 0 Å². The molecular formula is C14H16N4O3S. The molecule has 2 aromatic heterocycles. The zero-order valence-electron chi connectivity index (χ0n) is 12.1. The van der Waals surface area contributed by atoms with Crippen molar-refractivity contribution in [2.45, 2.75) is 42.9 Å². The van der Waals surface area contributed by atoms with E-state index in [-0.39, 0.29) is 23.1 Å². The fraction of sp³-hybridized carbons (Fsp3) is 0.500. The molecule has 3 heterocycles. The molecule has 4 rings (SSSR count). The highest BCUT2D eigenvalue weighted by atomic mass is 32.2. The van der Waals surface area contributed by atoms with Gasteiger partial charge in [-0.2, -0.15) is 4.98 Å². The summed E-state index contributed by atoms with van der Waals surface area (Å²) in [5.41, 5.74) is 1.08. The van der Waals surface area contributed by atoms with Gasteiger partial charge in [0.05, 0.1) is 6.04 Å². The van der Waals surface area contributed by atoms with Crippen molar-refractivity contribution in [2.24, 2.45) is 0 Å². The molecule has 1 amide bonds. The van der Waals surface area contributed by atoms with Crippen molar-refractivity contribution < 1.29 is 13.2 Å². The molecule has 0 bridgehead atoms. The van der Waals surface area contributed by atoms with Gasteiger partial charge in [-0.05, 0) is 18.9 Å². The Morgan fingerprint density at radius 2 is 2.09 bits per heavy atom. The molecule has 0 spiro atoms. The van der Waals surface area contributed by atoms with Crippen molar-refractivity contribution in [3.63, 3.8) is 0 Å². The van der Waals surface area contributed by atoms with Crippen LogP contribution in [0, 0.1) is 0 Å². The lowest BCUT2D eigenvalue weighted by Crippen LogP contribution is -2.48. The Morgan fingerprint density at radius 1 is 1.32 bits per heavy atom. The molecule has 0 unspecified atom stereocenters. The number of hydrogen-bond acceptors (Lipinski definition) is 5. The van der Waals surface area contributed by atoms with Crippen LogP contribution in [0.25, 0.3) is 11.0 Å². The molecule has 1 fully saturated rings. The number of amides is 1. The fourth-order valence-corrected chi connectivity index (χ4v) is 4.01. The van der Waals surface area contributed by atoms with Gasteiger partial charge >= 0.3 is 0 Å². The van der Waals surface area contributed by atoms with E-state index in [2.05, 4.69) is 15.3 Å². The van der Waals surface area contributed by atoms with E-state index >= 15 is 0 Å². The van der Waals surface area contributed by atoms with Gasteiger partial charge in [-0.15, -0.1) is 0 Å². The fourth-order valence-electron chi connectivity index (χ4n) is 3.51. The predicted octanol–water partition coefficient (Wildman–Crippen LogP) is 1.06. The van der Waals surface area contributed by atoms with Crippen LogP contribution in [0.2, 0.25) is 0 Å². The van der Waals surface area contributed by atoms with Crippen LogP contribution in [-0.2, 0) is 9.84 Å². The molecule has 2 aromatic rings. The maximum Gasteiger partial charge on any atom is 0.268 e. The van der Waals surface area contributed by atoms with Gasteiger partial charge in [0.2, 0.25) is 15.0 Å². The van der Waals surface area contributed by atoms with Crippen LogP contribution in [0.1, 0.15) is 42.2 Å². The van der Waals surface area contributed by atoms with Crippen LogP contribution in [0.15, 0.2) is 17.4 Å². The van der Waals surface area contributed by atoms with Gasteiger partial charge in [0.15, 0.2) is 0 Å². The van der Waals surface area contributed by atoms with Crippen molar-refractivity contribution in [1.82, 2.24) is 19.9 Å². The van der Waals surface area contributed by atoms with Crippen molar-refractivity contribution in [3.05, 3.63) is 18.0 Å². The average Bonchev–Trinajstić information content (AvgIpc) is 2.86. The molecule has 1 aliphatic heterocycles. The van der Waals surface area contributed by atoms with Crippen LogP contribution >= 0.6 is 0 Å². The summed E-state index contributed by atoms with van der Waals surface area (Å²) < 4.78 is 25.3. The number of carbonyl (C=O) groups excluding carboxylic acids is 1. The summed E-state index contributed by atoms with van der Waals surface area (Å²) in [7, 11) is -3.48. The molecule has 2 aliphatic rings. The Morgan fingerprint density at radius 3 is 2.86 bits per heavy atom. The molecule has 0 saturated heterocycles. The van der Waals surface area contributed by atoms with Crippen LogP contribution in [0.3, 0.4) is 0 Å². The second-order valence-corrected chi connectivity index (χ2v) is 7.94. The minimum atomic E-state index is -3.48. The largest absolute Gasteiger partial charge is 0.346 e. The minimum absolute atomic E-state index is 0.0981. The first-order valence-electron chi connectivity index (χ1n) is 7.34. The number of sulfone groups is 1. The summed E-state index contributed by atoms with van der Waals surface area (Å²) in [4.78, 5) is 20.4. The highest BCUT2D eigenvalue weighted by Gasteiger charge is 2.36. The van der Waals surface area contributed by atoms with Crippen molar-refractivity contribution >= 4 is 26.8 Å². The summed E-state index contributed by atoms with van der Waals surface area (Å²) >= 11 is 0. The Balaban J connectivity index is 1.98. The third kappa shape index (κ3) is 1.93. The van der Waals surface area contributed by atoms with Gasteiger partial charge in [0, 0.05) is 23.9 Å². The summed E-state index contributed by atoms with van der Waals surface area (Å²) in [6.07, 6.45) is 6.67. The zero-order chi connectivity index (χ0) is 15.5. The van der Waals surface area contributed by atoms with Crippen LogP contribution in [0.5, 0.6) is 0 Å². The number of carbonyl (C=O) groups is 1. The Kier molecular flexibility index (Phi) is 2.81. The van der Waals surface area contributed by atoms with Gasteiger partial charge in [-0.1, -0.05) is 12.8 Å². The average molecular weight is 320 g/mol. The molecule has 2 atom stereocenters. The maximum atomic E-state index is 12.3. The highest BCUT2D eigenvalue weighted by Crippen LogP contribution is 2.36. The second-order valence-electron chi connectivity index (χ2n) is 6.04. The lowest BCUT2D eigenvalue weighted by molar-refractivity contribution is 0.0855. The lowest BCUT2D eigenvalue weighted by atomic mass is 9.88. The van der Waals surface area contributed by atoms with Gasteiger partial charge in [0.25, 0.3) is 5.91 Å². The first-order chi connectivity index (χ1) is 10.4. The Bertz CT molecular complexity index is 887. The Hall–Kier alpha value is -1.96. The lowest BCUT2D eigenvalue weighted by Gasteiger charge is -2.38. The van der Waals surface area contributed by atoms with E-state index in [9.17, 15) is 13.2 Å². The molecule has 0 aromatic carbocycles. The SMILES string of the molecule is CS(=O)(=O)c1ncc2cc3n(c2n1)[C@@H]1CCCC[C@H]1NC3=O. The number of nitrogens with zero attached hydrogens (tertiary/aromatic N) is 3. The third-order valence-corrected chi connectivity index (χ3v) is 5.36. The van der Waals surface area contributed by atoms with Crippen LogP contribution in [-0.4, -0.2) is 41.2 Å². The van der Waals surface area contributed by atoms with E-state index in [1.807, 2.05) is 4.57 Å². The smallest absolute Gasteiger partial charge is 0.268 e. The van der Waals surface area contributed by atoms with E-state index in [0.717, 1.165) is 31.9 Å². The third-order valence-electron chi connectivity index (χ3n) is 4.50. The monoisotopic (exact) mass is 320 g/mol. The van der Waals surface area contributed by atoms with Crippen molar-refractivity contribution in [1.29, 1.82) is 0 Å². The second kappa shape index (κ2) is 4.52. The highest BCUT2D eigenvalue weighted by molar-refractivity contribution is 7.90. The standard InChI is InChI=1S/C14H16N4O3S/c1-22(20,21)14-15-7-8-6-11-13(19)16-9-4-2-3-5-10(9)18(11)12(8)17-14/h6-7,9-10H,2-5H2,1H3,(H,16,19)/t9-,10-/m1/s1. The molecule has 1 aliphatic carbocycles. The van der Waals surface area contributed by atoms with E-state index in [1.165, 1.54) is 6.20 Å². The number of nitrogens with one attached hydrogen (secondary N) is 1. The predicted molar refractivity (Wildman–Crippen MR) is 79.4 cm³/mol. The molecule has 7 nitrogen and oxygen atoms in total. The van der Waals surface area contributed by atoms with E-state index in [0.29, 0.717) is 16.7 Å². The molecular weight excluding hydrogens is 304 g/mol. The van der Waals surface area contributed by atoms with Crippen LogP contribution < -0.4 is 5.32 Å². The normalized spacial score (nSPS) is 24.7.